The Labute approximate surface area is 198 Å². The number of hydrogen-bond donors (Lipinski definition) is 2. The van der Waals surface area contributed by atoms with Crippen molar-refractivity contribution in [1.82, 2.24) is 10.2 Å². The molecule has 5 rings (SSSR count). The van der Waals surface area contributed by atoms with Gasteiger partial charge in [0.15, 0.2) is 0 Å². The van der Waals surface area contributed by atoms with E-state index in [4.69, 9.17) is 9.73 Å². The van der Waals surface area contributed by atoms with E-state index in [1.54, 1.807) is 24.5 Å². The van der Waals surface area contributed by atoms with E-state index < -0.39 is 0 Å². The van der Waals surface area contributed by atoms with Gasteiger partial charge in [-0.2, -0.15) is 0 Å². The van der Waals surface area contributed by atoms with Crippen LogP contribution in [0.4, 0.5) is 20.8 Å². The third-order valence-corrected chi connectivity index (χ3v) is 7.50. The van der Waals surface area contributed by atoms with Crippen molar-refractivity contribution in [1.29, 1.82) is 0 Å². The van der Waals surface area contributed by atoms with Gasteiger partial charge in [0.1, 0.15) is 22.4 Å². The van der Waals surface area contributed by atoms with E-state index in [1.807, 2.05) is 12.1 Å². The first-order valence-electron chi connectivity index (χ1n) is 11.5. The summed E-state index contributed by atoms with van der Waals surface area (Å²) >= 11 is 1.76. The Balaban J connectivity index is 1.38. The molecule has 1 atom stereocenters. The van der Waals surface area contributed by atoms with Gasteiger partial charge in [-0.1, -0.05) is 19.1 Å². The first kappa shape index (κ1) is 21.9. The first-order chi connectivity index (χ1) is 16.1. The third-order valence-electron chi connectivity index (χ3n) is 6.30. The summed E-state index contributed by atoms with van der Waals surface area (Å²) in [6.07, 6.45) is 3.02. The third kappa shape index (κ3) is 4.75. The molecule has 0 bridgehead atoms. The van der Waals surface area contributed by atoms with Crippen molar-refractivity contribution in [2.24, 2.45) is 4.99 Å². The van der Waals surface area contributed by atoms with Gasteiger partial charge in [-0.3, -0.25) is 0 Å². The van der Waals surface area contributed by atoms with E-state index >= 15 is 0 Å². The molecule has 0 saturated carbocycles. The number of rotatable bonds is 5. The lowest BCUT2D eigenvalue weighted by atomic mass is 10.0. The zero-order chi connectivity index (χ0) is 22.8. The van der Waals surface area contributed by atoms with Crippen molar-refractivity contribution in [3.05, 3.63) is 70.4 Å². The van der Waals surface area contributed by atoms with Gasteiger partial charge in [-0.25, -0.2) is 9.38 Å². The minimum Gasteiger partial charge on any atom is -0.497 e. The van der Waals surface area contributed by atoms with E-state index in [-0.39, 0.29) is 5.82 Å². The molecule has 3 heterocycles. The van der Waals surface area contributed by atoms with Crippen LogP contribution in [-0.4, -0.2) is 43.5 Å². The normalized spacial score (nSPS) is 17.5. The molecule has 2 aliphatic heterocycles. The number of piperazine rings is 1. The molecule has 0 unspecified atom stereocenters. The molecular formula is C26H29FN4OS. The van der Waals surface area contributed by atoms with Gasteiger partial charge in [0, 0.05) is 36.6 Å². The fraction of sp³-hybridized carbons (Fsp3) is 0.346. The molecule has 2 aliphatic rings. The maximum absolute atomic E-state index is 14.0. The van der Waals surface area contributed by atoms with E-state index in [0.29, 0.717) is 11.7 Å². The number of anilines is 2. The smallest absolute Gasteiger partial charge is 0.139 e. The summed E-state index contributed by atoms with van der Waals surface area (Å²) in [6.45, 7) is 4.82. The molecule has 1 saturated heterocycles. The second-order valence-corrected chi connectivity index (χ2v) is 9.65. The lowest BCUT2D eigenvalue weighted by molar-refractivity contribution is 0.282. The molecule has 5 nitrogen and oxygen atoms in total. The van der Waals surface area contributed by atoms with Gasteiger partial charge >= 0.3 is 0 Å². The van der Waals surface area contributed by atoms with Gasteiger partial charge in [-0.15, -0.1) is 11.3 Å². The average Bonchev–Trinajstić information content (AvgIpc) is 3.19. The Kier molecular flexibility index (Phi) is 6.33. The number of halogens is 1. The Morgan fingerprint density at radius 3 is 2.82 bits per heavy atom. The summed E-state index contributed by atoms with van der Waals surface area (Å²) in [5.41, 5.74) is 3.93. The second kappa shape index (κ2) is 9.53. The lowest BCUT2D eigenvalue weighted by Crippen LogP contribution is -2.52. The molecular weight excluding hydrogens is 435 g/mol. The minimum absolute atomic E-state index is 0.268. The van der Waals surface area contributed by atoms with Crippen LogP contribution in [0.1, 0.15) is 29.3 Å². The maximum Gasteiger partial charge on any atom is 0.139 e. The molecule has 33 heavy (non-hydrogen) atoms. The Morgan fingerprint density at radius 2 is 2.03 bits per heavy atom. The number of ether oxygens (including phenoxy) is 1. The predicted molar refractivity (Wildman–Crippen MR) is 134 cm³/mol. The summed E-state index contributed by atoms with van der Waals surface area (Å²) < 4.78 is 19.3. The molecule has 0 amide bonds. The number of aliphatic imine (C=N–C) groups is 1. The van der Waals surface area contributed by atoms with Crippen LogP contribution in [0.3, 0.4) is 0 Å². The number of fused-ring (bicyclic) bond motifs is 2. The Morgan fingerprint density at radius 1 is 1.18 bits per heavy atom. The largest absolute Gasteiger partial charge is 0.497 e. The molecule has 0 radical (unpaired) electrons. The number of nitrogens with one attached hydrogen (secondary N) is 2. The number of hydrogen-bond acceptors (Lipinski definition) is 6. The molecule has 1 aromatic heterocycles. The SMILES string of the molecule is CCc1cc2c(s1)Nc1ccc(F)cc1N=C2N1CCN[C@@H](CCc2ccc(OC)cc2)C1. The van der Waals surface area contributed by atoms with Gasteiger partial charge in [0.2, 0.25) is 0 Å². The number of thiophene rings is 1. The van der Waals surface area contributed by atoms with Gasteiger partial charge in [0.05, 0.1) is 24.0 Å². The summed E-state index contributed by atoms with van der Waals surface area (Å²) in [5.74, 6) is 1.56. The highest BCUT2D eigenvalue weighted by molar-refractivity contribution is 7.16. The number of methoxy groups -OCH3 is 1. The van der Waals surface area contributed by atoms with E-state index in [2.05, 4.69) is 40.7 Å². The highest BCUT2D eigenvalue weighted by Crippen LogP contribution is 2.40. The van der Waals surface area contributed by atoms with Gasteiger partial charge < -0.3 is 20.3 Å². The van der Waals surface area contributed by atoms with Crippen molar-refractivity contribution in [2.75, 3.05) is 32.1 Å². The predicted octanol–water partition coefficient (Wildman–Crippen LogP) is 5.50. The van der Waals surface area contributed by atoms with Crippen LogP contribution in [0.5, 0.6) is 5.75 Å². The fourth-order valence-electron chi connectivity index (χ4n) is 4.46. The van der Waals surface area contributed by atoms with Crippen LogP contribution in [-0.2, 0) is 12.8 Å². The molecule has 7 heteroatoms. The van der Waals surface area contributed by atoms with Gasteiger partial charge in [-0.05, 0) is 55.2 Å². The van der Waals surface area contributed by atoms with Crippen LogP contribution in [0.25, 0.3) is 0 Å². The number of amidine groups is 1. The Hall–Kier alpha value is -2.90. The number of nitrogens with zero attached hydrogens (tertiary/aromatic N) is 2. The molecule has 0 spiro atoms. The summed E-state index contributed by atoms with van der Waals surface area (Å²) in [4.78, 5) is 8.67. The maximum atomic E-state index is 14.0. The highest BCUT2D eigenvalue weighted by Gasteiger charge is 2.28. The summed E-state index contributed by atoms with van der Waals surface area (Å²) in [6, 6.07) is 15.7. The van der Waals surface area contributed by atoms with E-state index in [1.165, 1.54) is 22.6 Å². The highest BCUT2D eigenvalue weighted by atomic mass is 32.1. The average molecular weight is 465 g/mol. The van der Waals surface area contributed by atoms with Crippen LogP contribution < -0.4 is 15.4 Å². The number of aryl methyl sites for hydroxylation is 2. The van der Waals surface area contributed by atoms with Crippen molar-refractivity contribution in [3.63, 3.8) is 0 Å². The van der Waals surface area contributed by atoms with Gasteiger partial charge in [0.25, 0.3) is 0 Å². The molecule has 3 aromatic rings. The first-order valence-corrected chi connectivity index (χ1v) is 12.3. The molecule has 2 N–H and O–H groups in total. The monoisotopic (exact) mass is 464 g/mol. The molecule has 2 aromatic carbocycles. The topological polar surface area (TPSA) is 48.9 Å². The van der Waals surface area contributed by atoms with E-state index in [0.717, 1.165) is 66.7 Å². The number of benzene rings is 2. The fourth-order valence-corrected chi connectivity index (χ4v) is 5.46. The summed E-state index contributed by atoms with van der Waals surface area (Å²) in [5, 5.41) is 8.26. The van der Waals surface area contributed by atoms with Crippen molar-refractivity contribution >= 4 is 33.5 Å². The van der Waals surface area contributed by atoms with Crippen LogP contribution in [0.15, 0.2) is 53.5 Å². The van der Waals surface area contributed by atoms with Crippen LogP contribution >= 0.6 is 11.3 Å². The lowest BCUT2D eigenvalue weighted by Gasteiger charge is -2.36. The zero-order valence-corrected chi connectivity index (χ0v) is 19.8. The second-order valence-electron chi connectivity index (χ2n) is 8.51. The van der Waals surface area contributed by atoms with Crippen LogP contribution in [0.2, 0.25) is 0 Å². The Bertz CT molecular complexity index is 1160. The van der Waals surface area contributed by atoms with Crippen LogP contribution in [0, 0.1) is 5.82 Å². The van der Waals surface area contributed by atoms with Crippen molar-refractivity contribution in [2.45, 2.75) is 32.2 Å². The quantitative estimate of drug-likeness (QED) is 0.524. The van der Waals surface area contributed by atoms with E-state index in [9.17, 15) is 4.39 Å². The van der Waals surface area contributed by atoms with Crippen molar-refractivity contribution in [3.8, 4) is 5.75 Å². The molecule has 0 aliphatic carbocycles. The standard InChI is InChI=1S/C26H29FN4OS/c1-3-21-15-22-25(29-24-14-18(27)7-11-23(24)30-26(22)33-21)31-13-12-28-19(16-31)8-4-17-5-9-20(32-2)10-6-17/h5-7,9-11,14-15,19,28,30H,3-4,8,12-13,16H2,1-2H3/t19-/m0/s1. The molecule has 172 valence electrons. The zero-order valence-electron chi connectivity index (χ0n) is 19.0. The van der Waals surface area contributed by atoms with Crippen molar-refractivity contribution < 1.29 is 9.13 Å². The minimum atomic E-state index is -0.268. The molecule has 1 fully saturated rings. The summed E-state index contributed by atoms with van der Waals surface area (Å²) in [7, 11) is 1.69.